The highest BCUT2D eigenvalue weighted by Crippen LogP contribution is 2.12. The average Bonchev–Trinajstić information content (AvgIpc) is 2.15. The lowest BCUT2D eigenvalue weighted by Crippen LogP contribution is -2.19. The molecule has 1 aromatic rings. The van der Waals surface area contributed by atoms with E-state index in [0.29, 0.717) is 5.15 Å². The molecule has 0 fully saturated rings. The minimum Gasteiger partial charge on any atom is -0.244 e. The molecule has 0 aliphatic heterocycles. The van der Waals surface area contributed by atoms with Crippen molar-refractivity contribution in [1.82, 2.24) is 4.98 Å². The van der Waals surface area contributed by atoms with Gasteiger partial charge >= 0.3 is 0 Å². The third-order valence-corrected chi connectivity index (χ3v) is 3.14. The topological polar surface area (TPSA) is 42.3 Å². The van der Waals surface area contributed by atoms with Gasteiger partial charge in [0.15, 0.2) is 0 Å². The van der Waals surface area contributed by atoms with Crippen molar-refractivity contribution in [2.24, 2.45) is 4.40 Å². The first-order chi connectivity index (χ1) is 6.89. The van der Waals surface area contributed by atoms with E-state index in [9.17, 15) is 4.21 Å². The van der Waals surface area contributed by atoms with Crippen LogP contribution in [0.5, 0.6) is 0 Å². The van der Waals surface area contributed by atoms with Crippen molar-refractivity contribution in [3.8, 4) is 0 Å². The second-order valence-corrected chi connectivity index (χ2v) is 6.33. The molecule has 0 aliphatic rings. The fourth-order valence-electron chi connectivity index (χ4n) is 0.730. The van der Waals surface area contributed by atoms with Gasteiger partial charge in [0.25, 0.3) is 0 Å². The molecule has 0 saturated carbocycles. The van der Waals surface area contributed by atoms with Crippen molar-refractivity contribution in [3.63, 3.8) is 0 Å². The van der Waals surface area contributed by atoms with Crippen molar-refractivity contribution in [2.75, 3.05) is 0 Å². The van der Waals surface area contributed by atoms with E-state index in [1.165, 1.54) is 0 Å². The van der Waals surface area contributed by atoms with Crippen molar-refractivity contribution in [2.45, 2.75) is 25.5 Å². The minimum atomic E-state index is -1.23. The Morgan fingerprint density at radius 1 is 1.47 bits per heavy atom. The number of halogens is 1. The molecule has 0 aromatic carbocycles. The van der Waals surface area contributed by atoms with E-state index in [1.54, 1.807) is 24.5 Å². The number of hydrogen-bond donors (Lipinski definition) is 0. The lowest BCUT2D eigenvalue weighted by molar-refractivity contribution is 0.651. The van der Waals surface area contributed by atoms with Crippen molar-refractivity contribution < 1.29 is 4.21 Å². The summed E-state index contributed by atoms with van der Waals surface area (Å²) in [6.45, 7) is 5.63. The first kappa shape index (κ1) is 12.3. The molecule has 0 bridgehead atoms. The molecule has 0 spiro atoms. The van der Waals surface area contributed by atoms with Crippen LogP contribution in [0.15, 0.2) is 22.7 Å². The number of nitrogens with zero attached hydrogens (tertiary/aromatic N) is 2. The summed E-state index contributed by atoms with van der Waals surface area (Å²) in [5.41, 5.74) is 0.789. The summed E-state index contributed by atoms with van der Waals surface area (Å²) in [4.78, 5) is 3.89. The van der Waals surface area contributed by atoms with Crippen molar-refractivity contribution >= 4 is 28.8 Å². The van der Waals surface area contributed by atoms with E-state index in [1.807, 2.05) is 20.8 Å². The van der Waals surface area contributed by atoms with Crippen LogP contribution < -0.4 is 0 Å². The van der Waals surface area contributed by atoms with Crippen LogP contribution in [0.2, 0.25) is 5.15 Å². The first-order valence-electron chi connectivity index (χ1n) is 4.47. The van der Waals surface area contributed by atoms with E-state index in [-0.39, 0.29) is 4.75 Å². The molecule has 0 radical (unpaired) electrons. The predicted octanol–water partition coefficient (Wildman–Crippen LogP) is 2.62. The van der Waals surface area contributed by atoms with E-state index in [0.717, 1.165) is 5.56 Å². The third kappa shape index (κ3) is 4.10. The zero-order valence-electron chi connectivity index (χ0n) is 8.90. The van der Waals surface area contributed by atoms with Gasteiger partial charge in [0.1, 0.15) is 16.1 Å². The van der Waals surface area contributed by atoms with Gasteiger partial charge in [-0.2, -0.15) is 4.40 Å². The summed E-state index contributed by atoms with van der Waals surface area (Å²) in [6, 6.07) is 3.45. The molecule has 3 nitrogen and oxygen atoms in total. The van der Waals surface area contributed by atoms with Crippen LogP contribution in [-0.4, -0.2) is 20.2 Å². The fraction of sp³-hybridized carbons (Fsp3) is 0.400. The molecule has 82 valence electrons. The van der Waals surface area contributed by atoms with Crippen LogP contribution in [-0.2, 0) is 11.0 Å². The summed E-state index contributed by atoms with van der Waals surface area (Å²) < 4.78 is 15.2. The summed E-state index contributed by atoms with van der Waals surface area (Å²) >= 11 is 5.63. The standard InChI is InChI=1S/C10H13ClN2OS/c1-10(2,3)15(14)13-7-8-4-5-9(11)12-6-8/h4-7H,1-3H3/b13-7+/t15-/m0/s1. The van der Waals surface area contributed by atoms with E-state index >= 15 is 0 Å². The van der Waals surface area contributed by atoms with Gasteiger partial charge in [0, 0.05) is 18.0 Å². The molecular weight excluding hydrogens is 232 g/mol. The molecule has 0 amide bonds. The minimum absolute atomic E-state index is 0.337. The van der Waals surface area contributed by atoms with Gasteiger partial charge in [-0.1, -0.05) is 11.6 Å². The van der Waals surface area contributed by atoms with E-state index in [2.05, 4.69) is 9.38 Å². The Morgan fingerprint density at radius 3 is 2.60 bits per heavy atom. The average molecular weight is 245 g/mol. The molecular formula is C10H13ClN2OS. The van der Waals surface area contributed by atoms with Crippen LogP contribution in [0, 0.1) is 0 Å². The molecule has 0 N–H and O–H groups in total. The molecule has 0 saturated heterocycles. The van der Waals surface area contributed by atoms with E-state index < -0.39 is 11.0 Å². The van der Waals surface area contributed by atoms with Gasteiger partial charge in [0.05, 0.1) is 4.75 Å². The number of hydrogen-bond acceptors (Lipinski definition) is 2. The SMILES string of the molecule is CC(C)(C)[S@](=O)/N=C/c1ccc(Cl)nc1. The van der Waals surface area contributed by atoms with E-state index in [4.69, 9.17) is 11.6 Å². The lowest BCUT2D eigenvalue weighted by Gasteiger charge is -2.12. The number of rotatable bonds is 2. The Kier molecular flexibility index (Phi) is 3.99. The highest BCUT2D eigenvalue weighted by atomic mass is 35.5. The Hall–Kier alpha value is -0.740. The van der Waals surface area contributed by atoms with Gasteiger partial charge < -0.3 is 0 Å². The summed E-state index contributed by atoms with van der Waals surface area (Å²) in [5.74, 6) is 0. The Morgan fingerprint density at radius 2 is 2.13 bits per heavy atom. The quantitative estimate of drug-likeness (QED) is 0.593. The molecule has 1 atom stereocenters. The first-order valence-corrected chi connectivity index (χ1v) is 5.96. The summed E-state index contributed by atoms with van der Waals surface area (Å²) in [5, 5.41) is 0.434. The fourth-order valence-corrected chi connectivity index (χ4v) is 1.38. The molecule has 1 aromatic heterocycles. The van der Waals surface area contributed by atoms with Crippen molar-refractivity contribution in [3.05, 3.63) is 29.0 Å². The molecule has 15 heavy (non-hydrogen) atoms. The molecule has 0 aliphatic carbocycles. The summed E-state index contributed by atoms with van der Waals surface area (Å²) in [7, 11) is -1.23. The summed E-state index contributed by atoms with van der Waals surface area (Å²) in [6.07, 6.45) is 3.14. The zero-order valence-corrected chi connectivity index (χ0v) is 10.5. The van der Waals surface area contributed by atoms with Crippen LogP contribution >= 0.6 is 11.6 Å². The highest BCUT2D eigenvalue weighted by molar-refractivity contribution is 7.85. The third-order valence-electron chi connectivity index (χ3n) is 1.57. The van der Waals surface area contributed by atoms with Crippen molar-refractivity contribution in [1.29, 1.82) is 0 Å². The van der Waals surface area contributed by atoms with Crippen LogP contribution in [0.25, 0.3) is 0 Å². The number of aromatic nitrogens is 1. The molecule has 1 heterocycles. The van der Waals surface area contributed by atoms with Crippen LogP contribution in [0.1, 0.15) is 26.3 Å². The number of pyridine rings is 1. The van der Waals surface area contributed by atoms with Crippen LogP contribution in [0.3, 0.4) is 0 Å². The van der Waals surface area contributed by atoms with Gasteiger partial charge in [-0.3, -0.25) is 0 Å². The molecule has 0 unspecified atom stereocenters. The van der Waals surface area contributed by atoms with Gasteiger partial charge in [-0.15, -0.1) is 0 Å². The van der Waals surface area contributed by atoms with Gasteiger partial charge in [-0.05, 0) is 32.9 Å². The second-order valence-electron chi connectivity index (χ2n) is 4.01. The molecule has 5 heteroatoms. The van der Waals surface area contributed by atoms with Gasteiger partial charge in [-0.25, -0.2) is 9.19 Å². The maximum Gasteiger partial charge on any atom is 0.144 e. The normalized spacial score (nSPS) is 14.4. The monoisotopic (exact) mass is 244 g/mol. The lowest BCUT2D eigenvalue weighted by atomic mass is 10.3. The highest BCUT2D eigenvalue weighted by Gasteiger charge is 2.17. The maximum atomic E-state index is 11.6. The smallest absolute Gasteiger partial charge is 0.144 e. The van der Waals surface area contributed by atoms with Crippen LogP contribution in [0.4, 0.5) is 0 Å². The second kappa shape index (κ2) is 4.86. The largest absolute Gasteiger partial charge is 0.244 e. The predicted molar refractivity (Wildman–Crippen MR) is 64.7 cm³/mol. The van der Waals surface area contributed by atoms with Gasteiger partial charge in [0.2, 0.25) is 0 Å². The maximum absolute atomic E-state index is 11.6. The zero-order chi connectivity index (χ0) is 11.5. The Bertz CT molecular complexity index is 381. The molecule has 1 rings (SSSR count). The Balaban J connectivity index is 2.74. The Labute approximate surface area is 97.2 Å².